The van der Waals surface area contributed by atoms with Crippen LogP contribution < -0.4 is 10.6 Å². The zero-order chi connectivity index (χ0) is 30.4. The van der Waals surface area contributed by atoms with E-state index in [9.17, 15) is 14.7 Å². The van der Waals surface area contributed by atoms with Crippen LogP contribution in [0, 0.1) is 0 Å². The van der Waals surface area contributed by atoms with Gasteiger partial charge in [0.2, 0.25) is 0 Å². The Hall–Kier alpha value is -4.26. The summed E-state index contributed by atoms with van der Waals surface area (Å²) in [5, 5.41) is 17.7. The number of carbonyl (C=O) groups excluding carboxylic acids is 2. The lowest BCUT2D eigenvalue weighted by Crippen LogP contribution is -2.48. The summed E-state index contributed by atoms with van der Waals surface area (Å²) < 4.78 is 0. The lowest BCUT2D eigenvalue weighted by atomic mass is 10.00. The zero-order valence-electron chi connectivity index (χ0n) is 25.2. The van der Waals surface area contributed by atoms with Gasteiger partial charge >= 0.3 is 0 Å². The monoisotopic (exact) mass is 577 g/mol. The van der Waals surface area contributed by atoms with Gasteiger partial charge in [-0.15, -0.1) is 0 Å². The second kappa shape index (κ2) is 16.4. The van der Waals surface area contributed by atoms with E-state index in [1.54, 1.807) is 24.3 Å². The van der Waals surface area contributed by atoms with Gasteiger partial charge in [0.15, 0.2) is 0 Å². The lowest BCUT2D eigenvalue weighted by molar-refractivity contribution is 0.0755. The molecule has 4 aromatic carbocycles. The highest BCUT2D eigenvalue weighted by molar-refractivity contribution is 5.99. The van der Waals surface area contributed by atoms with Crippen LogP contribution in [0.15, 0.2) is 109 Å². The van der Waals surface area contributed by atoms with E-state index in [1.807, 2.05) is 59.5 Å². The van der Waals surface area contributed by atoms with E-state index in [0.29, 0.717) is 43.7 Å². The maximum atomic E-state index is 13.4. The van der Waals surface area contributed by atoms with Gasteiger partial charge in [-0.3, -0.25) is 9.59 Å². The standard InChI is InChI=1S/C37H43N3O3/c1-3-21-40(22-4-2)37(43)33-20-12-19-32(25-33)36(42)39-34(24-28-13-7-5-8-14-28)35(41)27-38-26-29-15-11-18-31(23-29)30-16-9-6-10-17-30/h5-20,23,25,34-35,38,41H,3-4,21-22,24,26-27H2,1-2H3,(H,39,42)/t34-,35+/m0/s1. The van der Waals surface area contributed by atoms with Gasteiger partial charge in [0.25, 0.3) is 11.8 Å². The first-order valence-corrected chi connectivity index (χ1v) is 15.3. The number of aliphatic hydroxyl groups excluding tert-OH is 1. The van der Waals surface area contributed by atoms with Crippen molar-refractivity contribution < 1.29 is 14.7 Å². The van der Waals surface area contributed by atoms with Crippen molar-refractivity contribution >= 4 is 11.8 Å². The number of nitrogens with one attached hydrogen (secondary N) is 2. The highest BCUT2D eigenvalue weighted by Crippen LogP contribution is 2.20. The Morgan fingerprint density at radius 2 is 1.33 bits per heavy atom. The van der Waals surface area contributed by atoms with Crippen molar-refractivity contribution in [2.24, 2.45) is 0 Å². The summed E-state index contributed by atoms with van der Waals surface area (Å²) in [6, 6.07) is 34.7. The normalized spacial score (nSPS) is 12.3. The summed E-state index contributed by atoms with van der Waals surface area (Å²) >= 11 is 0. The van der Waals surface area contributed by atoms with E-state index in [4.69, 9.17) is 0 Å². The Bertz CT molecular complexity index is 1440. The smallest absolute Gasteiger partial charge is 0.253 e. The van der Waals surface area contributed by atoms with Crippen LogP contribution in [0.3, 0.4) is 0 Å². The molecule has 0 saturated heterocycles. The van der Waals surface area contributed by atoms with E-state index >= 15 is 0 Å². The number of benzene rings is 4. The highest BCUT2D eigenvalue weighted by Gasteiger charge is 2.23. The molecule has 2 amide bonds. The third-order valence-corrected chi connectivity index (χ3v) is 7.44. The summed E-state index contributed by atoms with van der Waals surface area (Å²) in [6.07, 6.45) is 1.38. The van der Waals surface area contributed by atoms with Crippen LogP contribution in [0.1, 0.15) is 58.5 Å². The van der Waals surface area contributed by atoms with Crippen molar-refractivity contribution in [1.29, 1.82) is 0 Å². The number of carbonyl (C=O) groups is 2. The molecule has 0 fully saturated rings. The molecule has 4 aromatic rings. The molecule has 0 bridgehead atoms. The van der Waals surface area contributed by atoms with Gasteiger partial charge < -0.3 is 20.6 Å². The molecule has 0 aliphatic rings. The fourth-order valence-electron chi connectivity index (χ4n) is 5.23. The van der Waals surface area contributed by atoms with Crippen LogP contribution in [0.25, 0.3) is 11.1 Å². The largest absolute Gasteiger partial charge is 0.390 e. The number of amides is 2. The minimum atomic E-state index is -0.837. The molecule has 0 spiro atoms. The maximum Gasteiger partial charge on any atom is 0.253 e. The van der Waals surface area contributed by atoms with Crippen molar-refractivity contribution in [3.8, 4) is 11.1 Å². The van der Waals surface area contributed by atoms with Gasteiger partial charge in [0.05, 0.1) is 12.1 Å². The fraction of sp³-hybridized carbons (Fsp3) is 0.297. The number of aliphatic hydroxyl groups is 1. The summed E-state index contributed by atoms with van der Waals surface area (Å²) in [6.45, 7) is 6.34. The van der Waals surface area contributed by atoms with Crippen LogP contribution in [-0.4, -0.2) is 53.6 Å². The van der Waals surface area contributed by atoms with Crippen molar-refractivity contribution in [2.75, 3.05) is 19.6 Å². The van der Waals surface area contributed by atoms with E-state index < -0.39 is 12.1 Å². The molecule has 6 heteroatoms. The molecule has 43 heavy (non-hydrogen) atoms. The topological polar surface area (TPSA) is 81.7 Å². The molecule has 0 unspecified atom stereocenters. The Kier molecular flexibility index (Phi) is 12.1. The van der Waals surface area contributed by atoms with Crippen LogP contribution in [0.5, 0.6) is 0 Å². The van der Waals surface area contributed by atoms with Crippen LogP contribution in [0.2, 0.25) is 0 Å². The average molecular weight is 578 g/mol. The number of nitrogens with zero attached hydrogens (tertiary/aromatic N) is 1. The van der Waals surface area contributed by atoms with Crippen molar-refractivity contribution in [3.05, 3.63) is 131 Å². The molecule has 2 atom stereocenters. The van der Waals surface area contributed by atoms with Gasteiger partial charge in [-0.2, -0.15) is 0 Å². The predicted octanol–water partition coefficient (Wildman–Crippen LogP) is 6.11. The molecule has 0 aromatic heterocycles. The molecule has 0 aliphatic heterocycles. The zero-order valence-corrected chi connectivity index (χ0v) is 25.2. The molecular weight excluding hydrogens is 534 g/mol. The third-order valence-electron chi connectivity index (χ3n) is 7.44. The molecule has 0 heterocycles. The van der Waals surface area contributed by atoms with Crippen molar-refractivity contribution in [3.63, 3.8) is 0 Å². The van der Waals surface area contributed by atoms with E-state index in [-0.39, 0.29) is 11.8 Å². The van der Waals surface area contributed by atoms with Gasteiger partial charge in [-0.1, -0.05) is 98.8 Å². The molecular formula is C37H43N3O3. The quantitative estimate of drug-likeness (QED) is 0.159. The second-order valence-corrected chi connectivity index (χ2v) is 10.9. The van der Waals surface area contributed by atoms with Crippen LogP contribution in [0.4, 0.5) is 0 Å². The molecule has 0 aliphatic carbocycles. The third kappa shape index (κ3) is 9.37. The highest BCUT2D eigenvalue weighted by atomic mass is 16.3. The average Bonchev–Trinajstić information content (AvgIpc) is 3.05. The number of hydrogen-bond donors (Lipinski definition) is 3. The molecule has 224 valence electrons. The van der Waals surface area contributed by atoms with E-state index in [1.165, 1.54) is 0 Å². The van der Waals surface area contributed by atoms with Gasteiger partial charge in [-0.25, -0.2) is 0 Å². The Morgan fingerprint density at radius 3 is 2.02 bits per heavy atom. The lowest BCUT2D eigenvalue weighted by Gasteiger charge is -2.25. The van der Waals surface area contributed by atoms with Crippen molar-refractivity contribution in [1.82, 2.24) is 15.5 Å². The Balaban J connectivity index is 1.43. The fourth-order valence-corrected chi connectivity index (χ4v) is 5.23. The van der Waals surface area contributed by atoms with Crippen LogP contribution in [-0.2, 0) is 13.0 Å². The Morgan fingerprint density at radius 1 is 0.721 bits per heavy atom. The predicted molar refractivity (Wildman–Crippen MR) is 174 cm³/mol. The number of rotatable bonds is 15. The first-order valence-electron chi connectivity index (χ1n) is 15.3. The summed E-state index contributed by atoms with van der Waals surface area (Å²) in [4.78, 5) is 28.4. The minimum absolute atomic E-state index is 0.0697. The molecule has 0 radical (unpaired) electrons. The summed E-state index contributed by atoms with van der Waals surface area (Å²) in [7, 11) is 0. The minimum Gasteiger partial charge on any atom is -0.390 e. The number of hydrogen-bond acceptors (Lipinski definition) is 4. The Labute approximate surface area is 255 Å². The summed E-state index contributed by atoms with van der Waals surface area (Å²) in [5.74, 6) is -0.387. The molecule has 3 N–H and O–H groups in total. The first-order chi connectivity index (χ1) is 21.0. The molecule has 4 rings (SSSR count). The summed E-state index contributed by atoms with van der Waals surface area (Å²) in [5.41, 5.74) is 5.32. The van der Waals surface area contributed by atoms with E-state index in [2.05, 4.69) is 54.8 Å². The van der Waals surface area contributed by atoms with Crippen LogP contribution >= 0.6 is 0 Å². The second-order valence-electron chi connectivity index (χ2n) is 10.9. The maximum absolute atomic E-state index is 13.4. The van der Waals surface area contributed by atoms with Gasteiger partial charge in [0.1, 0.15) is 0 Å². The van der Waals surface area contributed by atoms with Gasteiger partial charge in [-0.05, 0) is 65.8 Å². The molecule has 6 nitrogen and oxygen atoms in total. The van der Waals surface area contributed by atoms with Crippen molar-refractivity contribution in [2.45, 2.75) is 51.8 Å². The van der Waals surface area contributed by atoms with Gasteiger partial charge in [0, 0.05) is 37.3 Å². The SMILES string of the molecule is CCCN(CCC)C(=O)c1cccc(C(=O)N[C@@H](Cc2ccccc2)[C@H](O)CNCc2cccc(-c3ccccc3)c2)c1. The first kappa shape index (κ1) is 31.7. The molecule has 0 saturated carbocycles. The van der Waals surface area contributed by atoms with E-state index in [0.717, 1.165) is 35.1 Å².